The smallest absolute Gasteiger partial charge is 0.230 e. The summed E-state index contributed by atoms with van der Waals surface area (Å²) in [5, 5.41) is 15.1. The molecule has 0 spiro atoms. The molecule has 0 aliphatic carbocycles. The lowest BCUT2D eigenvalue weighted by Gasteiger charge is -2.22. The van der Waals surface area contributed by atoms with E-state index in [2.05, 4.69) is 20.8 Å². The molecule has 0 radical (unpaired) electrons. The van der Waals surface area contributed by atoms with Crippen LogP contribution in [-0.4, -0.2) is 29.0 Å². The van der Waals surface area contributed by atoms with Gasteiger partial charge in [0.2, 0.25) is 11.0 Å². The average molecular weight is 447 g/mol. The maximum atomic E-state index is 13.2. The van der Waals surface area contributed by atoms with Crippen LogP contribution >= 0.6 is 23.1 Å². The number of thioether (sulfide) groups is 1. The van der Waals surface area contributed by atoms with Crippen LogP contribution in [0.2, 0.25) is 0 Å². The van der Waals surface area contributed by atoms with Crippen molar-refractivity contribution in [3.8, 4) is 5.75 Å². The SMILES string of the molecule is COc1cccc(Nc2nnc(SCC(=O)NC(c3ccc(F)cc3)C(C)C)s2)c1. The van der Waals surface area contributed by atoms with Crippen LogP contribution in [0.5, 0.6) is 5.75 Å². The van der Waals surface area contributed by atoms with Gasteiger partial charge in [-0.15, -0.1) is 10.2 Å². The summed E-state index contributed by atoms with van der Waals surface area (Å²) < 4.78 is 19.1. The Kier molecular flexibility index (Phi) is 7.64. The minimum Gasteiger partial charge on any atom is -0.497 e. The van der Waals surface area contributed by atoms with E-state index in [1.54, 1.807) is 19.2 Å². The van der Waals surface area contributed by atoms with Crippen molar-refractivity contribution in [2.24, 2.45) is 5.92 Å². The number of nitrogens with one attached hydrogen (secondary N) is 2. The molecule has 6 nitrogen and oxygen atoms in total. The van der Waals surface area contributed by atoms with Crippen molar-refractivity contribution in [2.75, 3.05) is 18.2 Å². The highest BCUT2D eigenvalue weighted by atomic mass is 32.2. The second-order valence-electron chi connectivity index (χ2n) is 6.86. The fourth-order valence-electron chi connectivity index (χ4n) is 2.79. The van der Waals surface area contributed by atoms with Crippen LogP contribution in [0.15, 0.2) is 52.9 Å². The lowest BCUT2D eigenvalue weighted by Crippen LogP contribution is -2.32. The summed E-state index contributed by atoms with van der Waals surface area (Å²) in [7, 11) is 1.61. The van der Waals surface area contributed by atoms with Crippen molar-refractivity contribution in [3.63, 3.8) is 0 Å². The number of halogens is 1. The molecule has 1 amide bonds. The monoisotopic (exact) mass is 446 g/mol. The van der Waals surface area contributed by atoms with Gasteiger partial charge in [0.1, 0.15) is 11.6 Å². The molecule has 0 saturated heterocycles. The molecule has 2 aromatic carbocycles. The van der Waals surface area contributed by atoms with Gasteiger partial charge in [-0.05, 0) is 35.7 Å². The zero-order valence-electron chi connectivity index (χ0n) is 16.9. The highest BCUT2D eigenvalue weighted by molar-refractivity contribution is 8.01. The first kappa shape index (κ1) is 22.0. The first-order valence-electron chi connectivity index (χ1n) is 9.37. The standard InChI is InChI=1S/C21H23FN4O2S2/c1-13(2)19(14-7-9-15(22)10-8-14)24-18(27)12-29-21-26-25-20(30-21)23-16-5-4-6-17(11-16)28-3/h4-11,13,19H,12H2,1-3H3,(H,23,25)(H,24,27). The zero-order chi connectivity index (χ0) is 21.5. The van der Waals surface area contributed by atoms with Crippen LogP contribution in [0, 0.1) is 11.7 Å². The molecular weight excluding hydrogens is 423 g/mol. The van der Waals surface area contributed by atoms with Gasteiger partial charge in [0.25, 0.3) is 0 Å². The number of carbonyl (C=O) groups is 1. The summed E-state index contributed by atoms with van der Waals surface area (Å²) in [5.41, 5.74) is 1.73. The molecule has 1 atom stereocenters. The number of carbonyl (C=O) groups excluding carboxylic acids is 1. The second-order valence-corrected chi connectivity index (χ2v) is 9.06. The van der Waals surface area contributed by atoms with E-state index in [9.17, 15) is 9.18 Å². The van der Waals surface area contributed by atoms with Gasteiger partial charge in [0, 0.05) is 11.8 Å². The molecule has 30 heavy (non-hydrogen) atoms. The van der Waals surface area contributed by atoms with Crippen molar-refractivity contribution >= 4 is 39.8 Å². The molecule has 1 heterocycles. The third-order valence-electron chi connectivity index (χ3n) is 4.27. The van der Waals surface area contributed by atoms with Crippen LogP contribution in [0.1, 0.15) is 25.5 Å². The van der Waals surface area contributed by atoms with Crippen molar-refractivity contribution in [1.29, 1.82) is 0 Å². The van der Waals surface area contributed by atoms with Crippen LogP contribution in [0.4, 0.5) is 15.2 Å². The van der Waals surface area contributed by atoms with Crippen molar-refractivity contribution in [2.45, 2.75) is 24.2 Å². The van der Waals surface area contributed by atoms with Crippen LogP contribution in [-0.2, 0) is 4.79 Å². The average Bonchev–Trinajstić information content (AvgIpc) is 3.18. The molecule has 158 valence electrons. The predicted octanol–water partition coefficient (Wildman–Crippen LogP) is 5.04. The van der Waals surface area contributed by atoms with Crippen LogP contribution in [0.3, 0.4) is 0 Å². The van der Waals surface area contributed by atoms with Crippen molar-refractivity contribution < 1.29 is 13.9 Å². The van der Waals surface area contributed by atoms with E-state index in [4.69, 9.17) is 4.74 Å². The van der Waals surface area contributed by atoms with Gasteiger partial charge in [-0.3, -0.25) is 4.79 Å². The molecule has 1 unspecified atom stereocenters. The largest absolute Gasteiger partial charge is 0.497 e. The molecular formula is C21H23FN4O2S2. The van der Waals surface area contributed by atoms with Crippen molar-refractivity contribution in [1.82, 2.24) is 15.5 Å². The van der Waals surface area contributed by atoms with Gasteiger partial charge in [-0.25, -0.2) is 4.39 Å². The Balaban J connectivity index is 1.54. The van der Waals surface area contributed by atoms with Crippen LogP contribution in [0.25, 0.3) is 0 Å². The van der Waals surface area contributed by atoms with E-state index in [1.165, 1.54) is 35.2 Å². The number of benzene rings is 2. The quantitative estimate of drug-likeness (QED) is 0.449. The molecule has 1 aromatic heterocycles. The van der Waals surface area contributed by atoms with Gasteiger partial charge in [-0.2, -0.15) is 0 Å². The number of anilines is 2. The molecule has 3 aromatic rings. The topological polar surface area (TPSA) is 76.1 Å². The number of methoxy groups -OCH3 is 1. The maximum absolute atomic E-state index is 13.2. The minimum absolute atomic E-state index is 0.111. The molecule has 3 rings (SSSR count). The number of hydrogen-bond donors (Lipinski definition) is 2. The Hall–Kier alpha value is -2.65. The molecule has 0 fully saturated rings. The molecule has 0 aliphatic rings. The van der Waals surface area contributed by atoms with Gasteiger partial charge < -0.3 is 15.4 Å². The summed E-state index contributed by atoms with van der Waals surface area (Å²) in [6.45, 7) is 4.03. The van der Waals surface area contributed by atoms with Gasteiger partial charge in [-0.1, -0.05) is 55.1 Å². The Morgan fingerprint density at radius 3 is 2.67 bits per heavy atom. The molecule has 9 heteroatoms. The highest BCUT2D eigenvalue weighted by Gasteiger charge is 2.19. The van der Waals surface area contributed by atoms with Gasteiger partial charge in [0.05, 0.1) is 18.9 Å². The fourth-order valence-corrected chi connectivity index (χ4v) is 4.37. The number of amides is 1. The van der Waals surface area contributed by atoms with Gasteiger partial charge in [0.15, 0.2) is 4.34 Å². The highest BCUT2D eigenvalue weighted by Crippen LogP contribution is 2.29. The Labute approximate surface area is 183 Å². The Morgan fingerprint density at radius 1 is 1.20 bits per heavy atom. The summed E-state index contributed by atoms with van der Waals surface area (Å²) in [5.74, 6) is 0.734. The molecule has 2 N–H and O–H groups in total. The zero-order valence-corrected chi connectivity index (χ0v) is 18.5. The second kappa shape index (κ2) is 10.4. The summed E-state index contributed by atoms with van der Waals surface area (Å²) in [6, 6.07) is 13.6. The van der Waals surface area contributed by atoms with Gasteiger partial charge >= 0.3 is 0 Å². The normalized spacial score (nSPS) is 11.9. The maximum Gasteiger partial charge on any atom is 0.230 e. The van der Waals surface area contributed by atoms with Crippen molar-refractivity contribution in [3.05, 3.63) is 59.9 Å². The summed E-state index contributed by atoms with van der Waals surface area (Å²) in [6.07, 6.45) is 0. The molecule has 0 saturated carbocycles. The van der Waals surface area contributed by atoms with Crippen LogP contribution < -0.4 is 15.4 Å². The number of ether oxygens (including phenoxy) is 1. The summed E-state index contributed by atoms with van der Waals surface area (Å²) in [4.78, 5) is 12.5. The van der Waals surface area contributed by atoms with E-state index in [-0.39, 0.29) is 29.4 Å². The first-order chi connectivity index (χ1) is 14.4. The minimum atomic E-state index is -0.294. The van der Waals surface area contributed by atoms with E-state index in [1.807, 2.05) is 38.1 Å². The number of nitrogens with zero attached hydrogens (tertiary/aromatic N) is 2. The van der Waals surface area contributed by atoms with E-state index < -0.39 is 0 Å². The summed E-state index contributed by atoms with van der Waals surface area (Å²) >= 11 is 2.70. The lowest BCUT2D eigenvalue weighted by molar-refractivity contribution is -0.119. The molecule has 0 bridgehead atoms. The third kappa shape index (κ3) is 6.17. The first-order valence-corrected chi connectivity index (χ1v) is 11.2. The number of hydrogen-bond acceptors (Lipinski definition) is 7. The predicted molar refractivity (Wildman–Crippen MR) is 119 cm³/mol. The number of aromatic nitrogens is 2. The van der Waals surface area contributed by atoms with E-state index in [0.717, 1.165) is 17.0 Å². The van der Waals surface area contributed by atoms with E-state index in [0.29, 0.717) is 9.47 Å². The Bertz CT molecular complexity index is 979. The fraction of sp³-hybridized carbons (Fsp3) is 0.286. The third-order valence-corrected chi connectivity index (χ3v) is 6.24. The lowest BCUT2D eigenvalue weighted by atomic mass is 9.96. The number of rotatable bonds is 9. The van der Waals surface area contributed by atoms with E-state index >= 15 is 0 Å². The molecule has 0 aliphatic heterocycles. The Morgan fingerprint density at radius 2 is 1.97 bits per heavy atom.